The van der Waals surface area contributed by atoms with E-state index in [2.05, 4.69) is 20.9 Å². The molecule has 0 aliphatic carbocycles. The molecule has 1 atom stereocenters. The summed E-state index contributed by atoms with van der Waals surface area (Å²) < 4.78 is 8.21. The Bertz CT molecular complexity index is 1240. The predicted molar refractivity (Wildman–Crippen MR) is 116 cm³/mol. The SMILES string of the molecule is C[C@@H](Oc1cc(-n2cnc3cc(Br)c(O)cc32)sc1C(=O)O)c1ccccc1Cl. The van der Waals surface area contributed by atoms with Gasteiger partial charge in [-0.1, -0.05) is 29.8 Å². The number of aromatic hydroxyl groups is 1. The van der Waals surface area contributed by atoms with E-state index in [0.29, 0.717) is 25.5 Å². The lowest BCUT2D eigenvalue weighted by Crippen LogP contribution is -2.06. The summed E-state index contributed by atoms with van der Waals surface area (Å²) in [6, 6.07) is 12.2. The van der Waals surface area contributed by atoms with Gasteiger partial charge in [-0.15, -0.1) is 11.3 Å². The Balaban J connectivity index is 1.75. The van der Waals surface area contributed by atoms with Crippen LogP contribution in [0.15, 0.2) is 53.3 Å². The first-order chi connectivity index (χ1) is 13.8. The maximum absolute atomic E-state index is 11.8. The zero-order valence-corrected chi connectivity index (χ0v) is 18.1. The first kappa shape index (κ1) is 19.8. The normalized spacial score (nSPS) is 12.2. The number of aromatic nitrogens is 2. The number of phenolic OH excluding ortho intramolecular Hbond substituents is 1. The van der Waals surface area contributed by atoms with Gasteiger partial charge in [-0.25, -0.2) is 9.78 Å². The third-order valence-electron chi connectivity index (χ3n) is 4.38. The first-order valence-corrected chi connectivity index (χ1v) is 10.5. The molecule has 0 fully saturated rings. The molecule has 4 aromatic rings. The summed E-state index contributed by atoms with van der Waals surface area (Å²) in [5.74, 6) is -0.774. The molecule has 29 heavy (non-hydrogen) atoms. The number of thiophene rings is 1. The summed E-state index contributed by atoms with van der Waals surface area (Å²) in [7, 11) is 0. The van der Waals surface area contributed by atoms with Crippen LogP contribution in [0.5, 0.6) is 11.5 Å². The fraction of sp³-hybridized carbons (Fsp3) is 0.100. The fourth-order valence-corrected chi connectivity index (χ4v) is 4.51. The molecule has 9 heteroatoms. The van der Waals surface area contributed by atoms with Crippen LogP contribution in [-0.2, 0) is 0 Å². The van der Waals surface area contributed by atoms with Gasteiger partial charge in [0.05, 0.1) is 15.5 Å². The van der Waals surface area contributed by atoms with E-state index in [1.807, 2.05) is 25.1 Å². The van der Waals surface area contributed by atoms with Crippen LogP contribution in [0.2, 0.25) is 5.02 Å². The van der Waals surface area contributed by atoms with Gasteiger partial charge < -0.3 is 14.9 Å². The second kappa shape index (κ2) is 7.70. The summed E-state index contributed by atoms with van der Waals surface area (Å²) in [4.78, 5) is 16.2. The number of benzene rings is 2. The predicted octanol–water partition coefficient (Wildman–Crippen LogP) is 6.05. The monoisotopic (exact) mass is 492 g/mol. The first-order valence-electron chi connectivity index (χ1n) is 8.49. The number of carboxylic acid groups (broad SMARTS) is 1. The van der Waals surface area contributed by atoms with Gasteiger partial charge in [0.25, 0.3) is 0 Å². The van der Waals surface area contributed by atoms with E-state index in [9.17, 15) is 15.0 Å². The number of hydrogen-bond donors (Lipinski definition) is 2. The van der Waals surface area contributed by atoms with Crippen LogP contribution in [0, 0.1) is 0 Å². The zero-order chi connectivity index (χ0) is 20.7. The molecule has 0 aliphatic rings. The number of ether oxygens (including phenoxy) is 1. The van der Waals surface area contributed by atoms with Crippen LogP contribution in [0.4, 0.5) is 0 Å². The Morgan fingerprint density at radius 3 is 2.79 bits per heavy atom. The minimum absolute atomic E-state index is 0.0677. The highest BCUT2D eigenvalue weighted by Gasteiger charge is 2.22. The molecule has 2 aromatic carbocycles. The van der Waals surface area contributed by atoms with Crippen LogP contribution < -0.4 is 4.74 Å². The van der Waals surface area contributed by atoms with Crippen LogP contribution in [0.25, 0.3) is 16.0 Å². The van der Waals surface area contributed by atoms with Crippen LogP contribution in [0.1, 0.15) is 28.3 Å². The second-order valence-corrected chi connectivity index (χ2v) is 8.56. The maximum atomic E-state index is 11.8. The van der Waals surface area contributed by atoms with E-state index in [1.165, 1.54) is 0 Å². The van der Waals surface area contributed by atoms with Crippen molar-refractivity contribution in [2.24, 2.45) is 0 Å². The van der Waals surface area contributed by atoms with Gasteiger partial charge in [0, 0.05) is 22.7 Å². The van der Waals surface area contributed by atoms with Gasteiger partial charge in [-0.2, -0.15) is 0 Å². The maximum Gasteiger partial charge on any atom is 0.349 e. The Morgan fingerprint density at radius 2 is 2.07 bits per heavy atom. The lowest BCUT2D eigenvalue weighted by molar-refractivity contribution is 0.0696. The minimum atomic E-state index is -1.09. The Morgan fingerprint density at radius 1 is 1.31 bits per heavy atom. The Labute approximate surface area is 183 Å². The van der Waals surface area contributed by atoms with E-state index in [1.54, 1.807) is 35.2 Å². The van der Waals surface area contributed by atoms with Crippen molar-refractivity contribution in [3.63, 3.8) is 0 Å². The number of aromatic carboxylic acids is 1. The molecule has 0 unspecified atom stereocenters. The van der Waals surface area contributed by atoms with E-state index in [-0.39, 0.29) is 16.4 Å². The average molecular weight is 494 g/mol. The summed E-state index contributed by atoms with van der Waals surface area (Å²) >= 11 is 10.6. The van der Waals surface area contributed by atoms with Gasteiger partial charge in [0.1, 0.15) is 28.9 Å². The van der Waals surface area contributed by atoms with E-state index in [0.717, 1.165) is 16.9 Å². The van der Waals surface area contributed by atoms with Gasteiger partial charge in [-0.05, 0) is 35.0 Å². The lowest BCUT2D eigenvalue weighted by atomic mass is 10.1. The lowest BCUT2D eigenvalue weighted by Gasteiger charge is -2.15. The third-order valence-corrected chi connectivity index (χ3v) is 6.46. The van der Waals surface area contributed by atoms with Crippen LogP contribution in [-0.4, -0.2) is 25.7 Å². The van der Waals surface area contributed by atoms with Gasteiger partial charge in [0.2, 0.25) is 0 Å². The molecule has 0 bridgehead atoms. The summed E-state index contributed by atoms with van der Waals surface area (Å²) in [5, 5.41) is 20.8. The number of hydrogen-bond acceptors (Lipinski definition) is 5. The molecule has 4 rings (SSSR count). The van der Waals surface area contributed by atoms with Crippen molar-refractivity contribution in [1.29, 1.82) is 0 Å². The molecule has 0 radical (unpaired) electrons. The molecule has 0 spiro atoms. The number of rotatable bonds is 5. The summed E-state index contributed by atoms with van der Waals surface area (Å²) in [6.07, 6.45) is 1.14. The number of carbonyl (C=O) groups is 1. The smallest absolute Gasteiger partial charge is 0.349 e. The Hall–Kier alpha value is -2.55. The second-order valence-electron chi connectivity index (χ2n) is 6.27. The van der Waals surface area contributed by atoms with E-state index < -0.39 is 12.1 Å². The van der Waals surface area contributed by atoms with Gasteiger partial charge >= 0.3 is 5.97 Å². The molecule has 2 N–H and O–H groups in total. The fourth-order valence-electron chi connectivity index (χ4n) is 2.97. The Kier molecular flexibility index (Phi) is 5.24. The quantitative estimate of drug-likeness (QED) is 0.354. The topological polar surface area (TPSA) is 84.6 Å². The van der Waals surface area contributed by atoms with Crippen molar-refractivity contribution in [3.8, 4) is 16.5 Å². The van der Waals surface area contributed by atoms with Crippen molar-refractivity contribution in [1.82, 2.24) is 9.55 Å². The standard InChI is InChI=1S/C20H14BrClN2O4S/c1-10(11-4-2-3-5-13(11)22)28-17-8-18(29-19(17)20(26)27)24-9-23-14-6-12(21)16(25)7-15(14)24/h2-10,25H,1H3,(H,26,27)/t10-/m1/s1. The number of phenols is 1. The van der Waals surface area contributed by atoms with Gasteiger partial charge in [0.15, 0.2) is 4.88 Å². The highest BCUT2D eigenvalue weighted by Crippen LogP contribution is 2.38. The molecule has 0 aliphatic heterocycles. The van der Waals surface area contributed by atoms with Crippen molar-refractivity contribution in [3.05, 3.63) is 68.7 Å². The van der Waals surface area contributed by atoms with Crippen molar-refractivity contribution in [2.45, 2.75) is 13.0 Å². The number of nitrogens with zero attached hydrogens (tertiary/aromatic N) is 2. The summed E-state index contributed by atoms with van der Waals surface area (Å²) in [5.41, 5.74) is 2.07. The average Bonchev–Trinajstić information content (AvgIpc) is 3.26. The number of imidazole rings is 1. The molecular formula is C20H14BrClN2O4S. The molecular weight excluding hydrogens is 480 g/mol. The number of halogens is 2. The highest BCUT2D eigenvalue weighted by molar-refractivity contribution is 9.10. The molecule has 6 nitrogen and oxygen atoms in total. The number of fused-ring (bicyclic) bond motifs is 1. The highest BCUT2D eigenvalue weighted by atomic mass is 79.9. The minimum Gasteiger partial charge on any atom is -0.507 e. The molecule has 2 aromatic heterocycles. The van der Waals surface area contributed by atoms with Crippen molar-refractivity contribution in [2.75, 3.05) is 0 Å². The van der Waals surface area contributed by atoms with E-state index >= 15 is 0 Å². The zero-order valence-electron chi connectivity index (χ0n) is 15.0. The molecule has 0 amide bonds. The van der Waals surface area contributed by atoms with Crippen LogP contribution in [0.3, 0.4) is 0 Å². The molecule has 0 saturated heterocycles. The van der Waals surface area contributed by atoms with Gasteiger partial charge in [-0.3, -0.25) is 4.57 Å². The molecule has 2 heterocycles. The van der Waals surface area contributed by atoms with Crippen molar-refractivity contribution < 1.29 is 19.7 Å². The van der Waals surface area contributed by atoms with E-state index in [4.69, 9.17) is 16.3 Å². The third kappa shape index (κ3) is 3.71. The molecule has 0 saturated carbocycles. The number of carboxylic acids is 1. The molecule has 148 valence electrons. The summed E-state index contributed by atoms with van der Waals surface area (Å²) in [6.45, 7) is 1.81. The van der Waals surface area contributed by atoms with Crippen LogP contribution >= 0.6 is 38.9 Å². The van der Waals surface area contributed by atoms with Crippen molar-refractivity contribution >= 4 is 55.9 Å². The largest absolute Gasteiger partial charge is 0.507 e.